The van der Waals surface area contributed by atoms with Crippen LogP contribution in [0.2, 0.25) is 0 Å². The second-order valence-electron chi connectivity index (χ2n) is 7.72. The van der Waals surface area contributed by atoms with E-state index < -0.39 is 41.3 Å². The molecular weight excluding hydrogens is 494 g/mol. The van der Waals surface area contributed by atoms with Gasteiger partial charge in [0.15, 0.2) is 17.7 Å². The zero-order chi connectivity index (χ0) is 26.0. The van der Waals surface area contributed by atoms with Crippen molar-refractivity contribution in [1.82, 2.24) is 24.2 Å². The molecule has 7 N–H and O–H groups in total. The summed E-state index contributed by atoms with van der Waals surface area (Å²) in [5.74, 6) is -0.934. The molecule has 0 saturated carbocycles. The number of amides is 1. The Morgan fingerprint density at radius 2 is 1.83 bits per heavy atom. The molecular formula is C21H23N7O7S. The summed E-state index contributed by atoms with van der Waals surface area (Å²) >= 11 is 0. The van der Waals surface area contributed by atoms with Crippen molar-refractivity contribution >= 4 is 49.7 Å². The van der Waals surface area contributed by atoms with Crippen LogP contribution in [-0.4, -0.2) is 70.0 Å². The van der Waals surface area contributed by atoms with Gasteiger partial charge in [-0.25, -0.2) is 19.7 Å². The molecule has 0 bridgehead atoms. The van der Waals surface area contributed by atoms with E-state index >= 15 is 0 Å². The molecule has 0 unspecified atom stereocenters. The highest BCUT2D eigenvalue weighted by Gasteiger charge is 2.31. The molecule has 2 heterocycles. The number of hydrogen-bond acceptors (Lipinski definition) is 12. The average molecular weight is 518 g/mol. The molecule has 36 heavy (non-hydrogen) atoms. The Morgan fingerprint density at radius 3 is 2.53 bits per heavy atom. The molecule has 0 aliphatic rings. The maximum atomic E-state index is 12.6. The van der Waals surface area contributed by atoms with Gasteiger partial charge >= 0.3 is 10.3 Å². The molecule has 2 aromatic carbocycles. The number of fused-ring (bicyclic) bond motifs is 2. The number of nitrogens with one attached hydrogen (secondary N) is 1. The first-order valence-electron chi connectivity index (χ1n) is 10.4. The van der Waals surface area contributed by atoms with E-state index in [2.05, 4.69) is 15.0 Å². The second kappa shape index (κ2) is 10.00. The lowest BCUT2D eigenvalue weighted by Gasteiger charge is -2.26. The Morgan fingerprint density at radius 1 is 1.14 bits per heavy atom. The monoisotopic (exact) mass is 517 g/mol. The van der Waals surface area contributed by atoms with Gasteiger partial charge in [0, 0.05) is 12.8 Å². The number of nitrogens with zero attached hydrogens (tertiary/aromatic N) is 4. The summed E-state index contributed by atoms with van der Waals surface area (Å²) < 4.78 is 37.6. The van der Waals surface area contributed by atoms with Crippen molar-refractivity contribution in [3.05, 3.63) is 54.6 Å². The number of methoxy groups -OCH3 is 1. The molecule has 0 aliphatic carbocycles. The van der Waals surface area contributed by atoms with Gasteiger partial charge in [-0.2, -0.15) is 8.42 Å². The minimum absolute atomic E-state index is 0.0622. The van der Waals surface area contributed by atoms with E-state index in [1.165, 1.54) is 19.5 Å². The standard InChI is InChI=1S/C21H23N7O7S/c1-34-15(17(29)21(31)28-10-26-16-18(23)24-9-25-19(16)28)8-35-36(32,33)27-20(30)13-6-11-4-2-3-5-12(11)7-14(13)22/h2-7,9-10,15,17,21,29,31H,8,22H2,1H3,(H,27,30)(H2,23,24,25)/t15-,17-,21-/m1/s1. The number of benzene rings is 2. The number of carbonyl (C=O) groups excluding carboxylic acids is 1. The molecule has 0 fully saturated rings. The summed E-state index contributed by atoms with van der Waals surface area (Å²) in [6.07, 6.45) is -2.35. The number of imidazole rings is 1. The summed E-state index contributed by atoms with van der Waals surface area (Å²) in [6, 6.07) is 10.1. The highest BCUT2D eigenvalue weighted by molar-refractivity contribution is 7.85. The predicted octanol–water partition coefficient (Wildman–Crippen LogP) is -0.298. The number of carbonyl (C=O) groups is 1. The summed E-state index contributed by atoms with van der Waals surface area (Å²) in [5.41, 5.74) is 12.0. The first kappa shape index (κ1) is 25.2. The van der Waals surface area contributed by atoms with Crippen LogP contribution in [0.4, 0.5) is 11.5 Å². The predicted molar refractivity (Wildman–Crippen MR) is 128 cm³/mol. The summed E-state index contributed by atoms with van der Waals surface area (Å²) in [7, 11) is -3.46. The Hall–Kier alpha value is -3.89. The number of nitrogens with two attached hydrogens (primary N) is 2. The van der Waals surface area contributed by atoms with E-state index in [1.807, 2.05) is 0 Å². The van der Waals surface area contributed by atoms with Crippen LogP contribution in [0.3, 0.4) is 0 Å². The average Bonchev–Trinajstić information content (AvgIpc) is 3.28. The maximum Gasteiger partial charge on any atom is 0.362 e. The third kappa shape index (κ3) is 5.05. The highest BCUT2D eigenvalue weighted by Crippen LogP contribution is 2.23. The molecule has 0 radical (unpaired) electrons. The summed E-state index contributed by atoms with van der Waals surface area (Å²) in [5, 5.41) is 22.7. The Balaban J connectivity index is 1.44. The Labute approximate surface area is 204 Å². The van der Waals surface area contributed by atoms with E-state index in [1.54, 1.807) is 35.1 Å². The van der Waals surface area contributed by atoms with Crippen LogP contribution in [0, 0.1) is 0 Å². The molecule has 0 spiro atoms. The van der Waals surface area contributed by atoms with Crippen molar-refractivity contribution in [2.45, 2.75) is 18.4 Å². The third-order valence-corrected chi connectivity index (χ3v) is 6.31. The molecule has 1 amide bonds. The second-order valence-corrected chi connectivity index (χ2v) is 9.07. The topological polar surface area (TPSA) is 218 Å². The van der Waals surface area contributed by atoms with Crippen LogP contribution in [0.5, 0.6) is 0 Å². The van der Waals surface area contributed by atoms with Gasteiger partial charge in [0.1, 0.15) is 24.1 Å². The van der Waals surface area contributed by atoms with Crippen molar-refractivity contribution in [2.24, 2.45) is 0 Å². The number of aliphatic hydroxyl groups excluding tert-OH is 2. The number of aromatic nitrogens is 4. The van der Waals surface area contributed by atoms with E-state index in [0.29, 0.717) is 5.39 Å². The van der Waals surface area contributed by atoms with Crippen LogP contribution >= 0.6 is 0 Å². The van der Waals surface area contributed by atoms with Crippen LogP contribution in [-0.2, 0) is 19.2 Å². The van der Waals surface area contributed by atoms with Gasteiger partial charge in [0.2, 0.25) is 0 Å². The molecule has 190 valence electrons. The zero-order valence-electron chi connectivity index (χ0n) is 18.8. The zero-order valence-corrected chi connectivity index (χ0v) is 19.7. The molecule has 15 heteroatoms. The van der Waals surface area contributed by atoms with Gasteiger partial charge in [-0.15, -0.1) is 0 Å². The van der Waals surface area contributed by atoms with E-state index in [4.69, 9.17) is 20.4 Å². The van der Waals surface area contributed by atoms with E-state index in [0.717, 1.165) is 16.3 Å². The SMILES string of the molecule is CO[C@H](COS(=O)(=O)NC(=O)c1cc2ccccc2cc1N)[C@@H](O)[C@@H](O)n1cnc2c(N)ncnc21. The fourth-order valence-corrected chi connectivity index (χ4v) is 4.24. The van der Waals surface area contributed by atoms with Crippen molar-refractivity contribution in [3.63, 3.8) is 0 Å². The smallest absolute Gasteiger partial charge is 0.362 e. The summed E-state index contributed by atoms with van der Waals surface area (Å²) in [4.78, 5) is 24.3. The number of rotatable bonds is 9. The lowest BCUT2D eigenvalue weighted by molar-refractivity contribution is -0.112. The quantitative estimate of drug-likeness (QED) is 0.181. The minimum atomic E-state index is -4.64. The fraction of sp³-hybridized carbons (Fsp3) is 0.238. The molecule has 4 aromatic rings. The van der Waals surface area contributed by atoms with Crippen molar-refractivity contribution < 1.29 is 32.3 Å². The lowest BCUT2D eigenvalue weighted by atomic mass is 10.0. The minimum Gasteiger partial charge on any atom is -0.398 e. The molecule has 4 rings (SSSR count). The number of aliphatic hydroxyl groups is 2. The number of nitrogen functional groups attached to an aromatic ring is 2. The third-order valence-electron chi connectivity index (χ3n) is 5.43. The van der Waals surface area contributed by atoms with E-state index in [9.17, 15) is 23.4 Å². The molecule has 2 aromatic heterocycles. The van der Waals surface area contributed by atoms with Crippen LogP contribution in [0.25, 0.3) is 21.9 Å². The maximum absolute atomic E-state index is 12.6. The summed E-state index contributed by atoms with van der Waals surface area (Å²) in [6.45, 7) is -0.742. The molecule has 3 atom stereocenters. The van der Waals surface area contributed by atoms with Crippen molar-refractivity contribution in [1.29, 1.82) is 0 Å². The molecule has 0 saturated heterocycles. The highest BCUT2D eigenvalue weighted by atomic mass is 32.2. The van der Waals surface area contributed by atoms with Crippen LogP contribution in [0.1, 0.15) is 16.6 Å². The van der Waals surface area contributed by atoms with Crippen LogP contribution in [0.15, 0.2) is 49.1 Å². The number of anilines is 2. The molecule has 0 aliphatic heterocycles. The lowest BCUT2D eigenvalue weighted by Crippen LogP contribution is -2.41. The van der Waals surface area contributed by atoms with Crippen LogP contribution < -0.4 is 16.2 Å². The largest absolute Gasteiger partial charge is 0.398 e. The number of ether oxygens (including phenoxy) is 1. The molecule has 14 nitrogen and oxygen atoms in total. The number of hydrogen-bond donors (Lipinski definition) is 5. The Kier molecular flexibility index (Phi) is 7.00. The normalized spacial score (nSPS) is 14.5. The van der Waals surface area contributed by atoms with Gasteiger partial charge in [-0.3, -0.25) is 13.5 Å². The fourth-order valence-electron chi connectivity index (χ4n) is 3.54. The van der Waals surface area contributed by atoms with Gasteiger partial charge in [-0.05, 0) is 22.9 Å². The van der Waals surface area contributed by atoms with Gasteiger partial charge < -0.3 is 26.4 Å². The Bertz CT molecular complexity index is 1530. The van der Waals surface area contributed by atoms with E-state index in [-0.39, 0.29) is 28.2 Å². The first-order chi connectivity index (χ1) is 17.1. The first-order valence-corrected chi connectivity index (χ1v) is 11.8. The van der Waals surface area contributed by atoms with Gasteiger partial charge in [-0.1, -0.05) is 24.3 Å². The van der Waals surface area contributed by atoms with Gasteiger partial charge in [0.25, 0.3) is 5.91 Å². The van der Waals surface area contributed by atoms with Gasteiger partial charge in [0.05, 0.1) is 18.5 Å². The van der Waals surface area contributed by atoms with Crippen molar-refractivity contribution in [2.75, 3.05) is 25.2 Å². The van der Waals surface area contributed by atoms with Crippen molar-refractivity contribution in [3.8, 4) is 0 Å².